The molecule has 1 aliphatic heterocycles. The second-order valence-corrected chi connectivity index (χ2v) is 6.01. The number of anilines is 1. The van der Waals surface area contributed by atoms with Gasteiger partial charge in [-0.05, 0) is 43.7 Å². The smallest absolute Gasteiger partial charge is 0.254 e. The predicted molar refractivity (Wildman–Crippen MR) is 96.9 cm³/mol. The first-order chi connectivity index (χ1) is 12.1. The van der Waals surface area contributed by atoms with Crippen molar-refractivity contribution in [2.75, 3.05) is 25.1 Å². The van der Waals surface area contributed by atoms with Crippen LogP contribution in [0.25, 0.3) is 0 Å². The topological polar surface area (TPSA) is 49.9 Å². The van der Waals surface area contributed by atoms with Gasteiger partial charge in [-0.25, -0.2) is 0 Å². The average Bonchev–Trinajstić information content (AvgIpc) is 3.03. The van der Waals surface area contributed by atoms with Crippen molar-refractivity contribution in [3.05, 3.63) is 60.2 Å². The monoisotopic (exact) mass is 338 g/mol. The quantitative estimate of drug-likeness (QED) is 0.842. The minimum absolute atomic E-state index is 0.0389. The van der Waals surface area contributed by atoms with Gasteiger partial charge in [0.25, 0.3) is 5.91 Å². The van der Waals surface area contributed by atoms with Crippen LogP contribution in [0.15, 0.2) is 54.6 Å². The molecule has 5 nitrogen and oxygen atoms in total. The Hall–Kier alpha value is -2.82. The molecule has 0 aromatic heterocycles. The van der Waals surface area contributed by atoms with Gasteiger partial charge in [-0.3, -0.25) is 9.59 Å². The molecule has 1 unspecified atom stereocenters. The lowest BCUT2D eigenvalue weighted by atomic mass is 10.1. The lowest BCUT2D eigenvalue weighted by Crippen LogP contribution is -2.43. The van der Waals surface area contributed by atoms with Crippen molar-refractivity contribution < 1.29 is 14.3 Å². The molecule has 0 spiro atoms. The molecule has 5 heteroatoms. The van der Waals surface area contributed by atoms with Crippen molar-refractivity contribution >= 4 is 17.5 Å². The Balaban J connectivity index is 1.75. The summed E-state index contributed by atoms with van der Waals surface area (Å²) in [5.74, 6) is 0.447. The van der Waals surface area contributed by atoms with Crippen molar-refractivity contribution in [3.8, 4) is 5.75 Å². The first-order valence-electron chi connectivity index (χ1n) is 8.48. The highest BCUT2D eigenvalue weighted by Crippen LogP contribution is 2.25. The van der Waals surface area contributed by atoms with Gasteiger partial charge in [0.15, 0.2) is 0 Å². The Morgan fingerprint density at radius 1 is 1.20 bits per heavy atom. The maximum Gasteiger partial charge on any atom is 0.254 e. The largest absolute Gasteiger partial charge is 0.494 e. The van der Waals surface area contributed by atoms with Crippen LogP contribution in [0.3, 0.4) is 0 Å². The minimum Gasteiger partial charge on any atom is -0.494 e. The molecule has 0 N–H and O–H groups in total. The van der Waals surface area contributed by atoms with Gasteiger partial charge in [-0.2, -0.15) is 0 Å². The Morgan fingerprint density at radius 2 is 1.96 bits per heavy atom. The molecule has 2 amide bonds. The van der Waals surface area contributed by atoms with E-state index in [1.165, 1.54) is 4.90 Å². The van der Waals surface area contributed by atoms with Crippen LogP contribution in [0.2, 0.25) is 0 Å². The van der Waals surface area contributed by atoms with Crippen LogP contribution >= 0.6 is 0 Å². The molecule has 1 fully saturated rings. The number of nitrogens with zero attached hydrogens (tertiary/aromatic N) is 2. The molecule has 0 bridgehead atoms. The molecule has 2 aromatic rings. The number of ether oxygens (including phenoxy) is 1. The number of benzene rings is 2. The predicted octanol–water partition coefficient (Wildman–Crippen LogP) is 2.96. The zero-order valence-electron chi connectivity index (χ0n) is 14.5. The third kappa shape index (κ3) is 3.50. The lowest BCUT2D eigenvalue weighted by molar-refractivity contribution is -0.120. The molecule has 1 atom stereocenters. The molecule has 25 heavy (non-hydrogen) atoms. The maximum absolute atomic E-state index is 12.8. The van der Waals surface area contributed by atoms with E-state index in [4.69, 9.17) is 4.74 Å². The summed E-state index contributed by atoms with van der Waals surface area (Å²) in [5, 5.41) is 0. The highest BCUT2D eigenvalue weighted by atomic mass is 16.5. The summed E-state index contributed by atoms with van der Waals surface area (Å²) >= 11 is 0. The zero-order valence-corrected chi connectivity index (χ0v) is 14.5. The van der Waals surface area contributed by atoms with Crippen LogP contribution < -0.4 is 9.64 Å². The summed E-state index contributed by atoms with van der Waals surface area (Å²) in [4.78, 5) is 28.8. The Kier molecular flexibility index (Phi) is 5.03. The maximum atomic E-state index is 12.8. The highest BCUT2D eigenvalue weighted by molar-refractivity contribution is 6.03. The van der Waals surface area contributed by atoms with Crippen molar-refractivity contribution in [2.24, 2.45) is 0 Å². The van der Waals surface area contributed by atoms with E-state index in [0.29, 0.717) is 30.9 Å². The van der Waals surface area contributed by atoms with Crippen molar-refractivity contribution in [2.45, 2.75) is 19.4 Å². The molecular formula is C20H22N2O3. The summed E-state index contributed by atoms with van der Waals surface area (Å²) in [6, 6.07) is 16.2. The number of hydrogen-bond donors (Lipinski definition) is 0. The number of hydrogen-bond acceptors (Lipinski definition) is 3. The number of amides is 2. The second kappa shape index (κ2) is 7.38. The molecule has 0 saturated carbocycles. The lowest BCUT2D eigenvalue weighted by Gasteiger charge is -2.24. The van der Waals surface area contributed by atoms with Gasteiger partial charge in [0.2, 0.25) is 5.91 Å². The third-order valence-electron chi connectivity index (χ3n) is 4.42. The van der Waals surface area contributed by atoms with Gasteiger partial charge in [-0.1, -0.05) is 24.3 Å². The number of carbonyl (C=O) groups is 2. The third-order valence-corrected chi connectivity index (χ3v) is 4.42. The summed E-state index contributed by atoms with van der Waals surface area (Å²) in [6.07, 6.45) is 0.626. The standard InChI is InChI=1S/C20H22N2O3/c1-3-25-17-11-7-8-15(14-17)19(23)21(2)18-12-13-22(20(18)24)16-9-5-4-6-10-16/h4-11,14,18H,3,12-13H2,1-2H3. The van der Waals surface area contributed by atoms with Crippen molar-refractivity contribution in [1.29, 1.82) is 0 Å². The van der Waals surface area contributed by atoms with E-state index >= 15 is 0 Å². The zero-order chi connectivity index (χ0) is 17.8. The summed E-state index contributed by atoms with van der Waals surface area (Å²) in [7, 11) is 1.69. The summed E-state index contributed by atoms with van der Waals surface area (Å²) < 4.78 is 5.45. The molecule has 0 radical (unpaired) electrons. The summed E-state index contributed by atoms with van der Waals surface area (Å²) in [6.45, 7) is 3.06. The van der Waals surface area contributed by atoms with Crippen LogP contribution in [0.5, 0.6) is 5.75 Å². The van der Waals surface area contributed by atoms with E-state index < -0.39 is 6.04 Å². The van der Waals surface area contributed by atoms with E-state index in [1.807, 2.05) is 43.3 Å². The van der Waals surface area contributed by atoms with Crippen molar-refractivity contribution in [3.63, 3.8) is 0 Å². The molecule has 130 valence electrons. The SMILES string of the molecule is CCOc1cccc(C(=O)N(C)C2CCN(c3ccccc3)C2=O)c1. The van der Waals surface area contributed by atoms with Gasteiger partial charge in [-0.15, -0.1) is 0 Å². The molecule has 2 aromatic carbocycles. The summed E-state index contributed by atoms with van der Waals surface area (Å²) in [5.41, 5.74) is 1.40. The van der Waals surface area contributed by atoms with Crippen LogP contribution in [0.1, 0.15) is 23.7 Å². The van der Waals surface area contributed by atoms with Gasteiger partial charge in [0.05, 0.1) is 6.61 Å². The van der Waals surface area contributed by atoms with E-state index in [9.17, 15) is 9.59 Å². The van der Waals surface area contributed by atoms with Crippen LogP contribution in [0, 0.1) is 0 Å². The fourth-order valence-corrected chi connectivity index (χ4v) is 3.12. The van der Waals surface area contributed by atoms with E-state index in [2.05, 4.69) is 0 Å². The number of para-hydroxylation sites is 1. The Labute approximate surface area is 147 Å². The highest BCUT2D eigenvalue weighted by Gasteiger charge is 2.37. The Morgan fingerprint density at radius 3 is 2.68 bits per heavy atom. The molecule has 0 aliphatic carbocycles. The molecule has 1 aliphatic rings. The fraction of sp³-hybridized carbons (Fsp3) is 0.300. The van der Waals surface area contributed by atoms with Gasteiger partial charge < -0.3 is 14.5 Å². The first kappa shape index (κ1) is 17.0. The minimum atomic E-state index is -0.441. The van der Waals surface area contributed by atoms with Gasteiger partial charge >= 0.3 is 0 Å². The molecule has 1 heterocycles. The fourth-order valence-electron chi connectivity index (χ4n) is 3.12. The second-order valence-electron chi connectivity index (χ2n) is 6.01. The number of carbonyl (C=O) groups excluding carboxylic acids is 2. The van der Waals surface area contributed by atoms with E-state index in [0.717, 1.165) is 5.69 Å². The molecule has 3 rings (SSSR count). The van der Waals surface area contributed by atoms with E-state index in [1.54, 1.807) is 30.1 Å². The van der Waals surface area contributed by atoms with Crippen LogP contribution in [0.4, 0.5) is 5.69 Å². The van der Waals surface area contributed by atoms with Crippen LogP contribution in [-0.2, 0) is 4.79 Å². The average molecular weight is 338 g/mol. The molecule has 1 saturated heterocycles. The molecular weight excluding hydrogens is 316 g/mol. The normalized spacial score (nSPS) is 16.8. The van der Waals surface area contributed by atoms with Gasteiger partial charge in [0, 0.05) is 24.8 Å². The van der Waals surface area contributed by atoms with Crippen LogP contribution in [-0.4, -0.2) is 43.0 Å². The van der Waals surface area contributed by atoms with Gasteiger partial charge in [0.1, 0.15) is 11.8 Å². The van der Waals surface area contributed by atoms with Crippen molar-refractivity contribution in [1.82, 2.24) is 4.90 Å². The Bertz CT molecular complexity index is 761. The number of likely N-dealkylation sites (N-methyl/N-ethyl adjacent to an activating group) is 1. The number of rotatable bonds is 5. The first-order valence-corrected chi connectivity index (χ1v) is 8.48. The van der Waals surface area contributed by atoms with E-state index in [-0.39, 0.29) is 11.8 Å².